The summed E-state index contributed by atoms with van der Waals surface area (Å²) in [5, 5.41) is 4.99. The Bertz CT molecular complexity index is 760. The second-order valence-electron chi connectivity index (χ2n) is 5.45. The van der Waals surface area contributed by atoms with Gasteiger partial charge in [-0.3, -0.25) is 4.68 Å². The molecule has 0 fully saturated rings. The minimum Gasteiger partial charge on any atom is -0.329 e. The molecule has 1 atom stereocenters. The van der Waals surface area contributed by atoms with E-state index in [4.69, 9.17) is 5.73 Å². The molecular formula is C14H24ClN5O2S. The smallest absolute Gasteiger partial charge is 0.242 e. The Morgan fingerprint density at radius 1 is 1.43 bits per heavy atom. The van der Waals surface area contributed by atoms with Crippen molar-refractivity contribution in [3.8, 4) is 0 Å². The zero-order valence-electron chi connectivity index (χ0n) is 13.6. The van der Waals surface area contributed by atoms with Crippen molar-refractivity contribution in [1.29, 1.82) is 0 Å². The summed E-state index contributed by atoms with van der Waals surface area (Å²) in [6.45, 7) is 4.17. The molecule has 2 aromatic heterocycles. The SMILES string of the molecule is CCCCC(CN)NS(=O)(=O)c1cnc2c(c1)c(C)nn2C.Cl. The Balaban J connectivity index is 0.00000264. The number of aromatic nitrogens is 3. The molecule has 0 spiro atoms. The van der Waals surface area contributed by atoms with Gasteiger partial charge >= 0.3 is 0 Å². The molecule has 7 nitrogen and oxygen atoms in total. The molecule has 0 saturated carbocycles. The third kappa shape index (κ3) is 4.41. The topological polar surface area (TPSA) is 103 Å². The van der Waals surface area contributed by atoms with Gasteiger partial charge < -0.3 is 5.73 Å². The molecule has 2 aromatic rings. The number of fused-ring (bicyclic) bond motifs is 1. The lowest BCUT2D eigenvalue weighted by Gasteiger charge is -2.16. The lowest BCUT2D eigenvalue weighted by molar-refractivity contribution is 0.516. The normalized spacial score (nSPS) is 13.0. The van der Waals surface area contributed by atoms with Crippen LogP contribution in [0.25, 0.3) is 11.0 Å². The van der Waals surface area contributed by atoms with Crippen molar-refractivity contribution in [2.75, 3.05) is 6.54 Å². The number of nitrogens with one attached hydrogen (secondary N) is 1. The van der Waals surface area contributed by atoms with Crippen molar-refractivity contribution in [3.05, 3.63) is 18.0 Å². The van der Waals surface area contributed by atoms with E-state index in [-0.39, 0.29) is 29.9 Å². The molecule has 0 saturated heterocycles. The van der Waals surface area contributed by atoms with Crippen LogP contribution in [0.1, 0.15) is 31.9 Å². The summed E-state index contributed by atoms with van der Waals surface area (Å²) >= 11 is 0. The Kier molecular flexibility index (Phi) is 6.94. The van der Waals surface area contributed by atoms with E-state index in [0.717, 1.165) is 30.3 Å². The van der Waals surface area contributed by atoms with Gasteiger partial charge in [0.15, 0.2) is 5.65 Å². The van der Waals surface area contributed by atoms with Gasteiger partial charge in [-0.05, 0) is 19.4 Å². The molecule has 1 unspecified atom stereocenters. The van der Waals surface area contributed by atoms with Gasteiger partial charge in [-0.2, -0.15) is 5.10 Å². The van der Waals surface area contributed by atoms with Crippen LogP contribution in [-0.2, 0) is 17.1 Å². The lowest BCUT2D eigenvalue weighted by atomic mass is 10.1. The quantitative estimate of drug-likeness (QED) is 0.777. The highest BCUT2D eigenvalue weighted by Gasteiger charge is 2.21. The van der Waals surface area contributed by atoms with Crippen molar-refractivity contribution in [3.63, 3.8) is 0 Å². The number of hydrogen-bond acceptors (Lipinski definition) is 5. The van der Waals surface area contributed by atoms with Crippen molar-refractivity contribution in [2.24, 2.45) is 12.8 Å². The molecule has 0 amide bonds. The fraction of sp³-hybridized carbons (Fsp3) is 0.571. The van der Waals surface area contributed by atoms with Crippen LogP contribution in [0, 0.1) is 6.92 Å². The summed E-state index contributed by atoms with van der Waals surface area (Å²) in [5.74, 6) is 0. The van der Waals surface area contributed by atoms with Gasteiger partial charge in [0.1, 0.15) is 4.90 Å². The van der Waals surface area contributed by atoms with Crippen molar-refractivity contribution in [2.45, 2.75) is 44.0 Å². The first-order chi connectivity index (χ1) is 10.4. The number of sulfonamides is 1. The van der Waals surface area contributed by atoms with Crippen LogP contribution < -0.4 is 10.5 Å². The van der Waals surface area contributed by atoms with Crippen LogP contribution in [0.15, 0.2) is 17.2 Å². The molecule has 0 aromatic carbocycles. The molecule has 0 bridgehead atoms. The zero-order chi connectivity index (χ0) is 16.3. The Hall–Kier alpha value is -1.22. The van der Waals surface area contributed by atoms with Crippen LogP contribution >= 0.6 is 12.4 Å². The van der Waals surface area contributed by atoms with E-state index < -0.39 is 10.0 Å². The number of nitrogens with zero attached hydrogens (tertiary/aromatic N) is 3. The fourth-order valence-electron chi connectivity index (χ4n) is 2.40. The zero-order valence-corrected chi connectivity index (χ0v) is 15.2. The largest absolute Gasteiger partial charge is 0.329 e. The lowest BCUT2D eigenvalue weighted by Crippen LogP contribution is -2.40. The average molecular weight is 362 g/mol. The number of hydrogen-bond donors (Lipinski definition) is 2. The van der Waals surface area contributed by atoms with Gasteiger partial charge in [0.2, 0.25) is 10.0 Å². The van der Waals surface area contributed by atoms with Crippen LogP contribution in [0.2, 0.25) is 0 Å². The molecular weight excluding hydrogens is 338 g/mol. The van der Waals surface area contributed by atoms with E-state index in [1.807, 2.05) is 6.92 Å². The van der Waals surface area contributed by atoms with Crippen molar-refractivity contribution < 1.29 is 8.42 Å². The van der Waals surface area contributed by atoms with Gasteiger partial charge in [-0.15, -0.1) is 12.4 Å². The number of pyridine rings is 1. The summed E-state index contributed by atoms with van der Waals surface area (Å²) in [5.41, 5.74) is 7.08. The number of aryl methyl sites for hydroxylation is 2. The van der Waals surface area contributed by atoms with E-state index in [1.54, 1.807) is 17.8 Å². The number of halogens is 1. The molecule has 0 aliphatic heterocycles. The number of nitrogens with two attached hydrogens (primary N) is 1. The summed E-state index contributed by atoms with van der Waals surface area (Å²) in [6.07, 6.45) is 4.02. The van der Waals surface area contributed by atoms with Crippen LogP contribution in [0.3, 0.4) is 0 Å². The molecule has 0 radical (unpaired) electrons. The van der Waals surface area contributed by atoms with Crippen LogP contribution in [0.4, 0.5) is 0 Å². The second kappa shape index (κ2) is 8.05. The molecule has 9 heteroatoms. The maximum Gasteiger partial charge on any atom is 0.242 e. The molecule has 0 aliphatic carbocycles. The summed E-state index contributed by atoms with van der Waals surface area (Å²) in [7, 11) is -1.85. The van der Waals surface area contributed by atoms with Crippen molar-refractivity contribution >= 4 is 33.5 Å². The van der Waals surface area contributed by atoms with E-state index >= 15 is 0 Å². The van der Waals surface area contributed by atoms with Gasteiger partial charge in [0, 0.05) is 31.2 Å². The van der Waals surface area contributed by atoms with E-state index in [2.05, 4.69) is 21.7 Å². The monoisotopic (exact) mass is 361 g/mol. The van der Waals surface area contributed by atoms with E-state index in [1.165, 1.54) is 6.20 Å². The fourth-order valence-corrected chi connectivity index (χ4v) is 3.65. The molecule has 130 valence electrons. The number of unbranched alkanes of at least 4 members (excludes halogenated alkanes) is 1. The first kappa shape index (κ1) is 19.8. The van der Waals surface area contributed by atoms with Gasteiger partial charge in [-0.25, -0.2) is 18.1 Å². The summed E-state index contributed by atoms with van der Waals surface area (Å²) in [6, 6.07) is 1.36. The predicted octanol–water partition coefficient (Wildman–Crippen LogP) is 1.49. The number of rotatable bonds is 7. The molecule has 3 N–H and O–H groups in total. The first-order valence-electron chi connectivity index (χ1n) is 7.40. The van der Waals surface area contributed by atoms with Gasteiger partial charge in [-0.1, -0.05) is 19.8 Å². The van der Waals surface area contributed by atoms with E-state index in [0.29, 0.717) is 5.65 Å². The first-order valence-corrected chi connectivity index (χ1v) is 8.89. The highest BCUT2D eigenvalue weighted by Crippen LogP contribution is 2.19. The third-order valence-electron chi connectivity index (χ3n) is 3.66. The molecule has 2 rings (SSSR count). The summed E-state index contributed by atoms with van der Waals surface area (Å²) < 4.78 is 29.3. The average Bonchev–Trinajstić information content (AvgIpc) is 2.78. The highest BCUT2D eigenvalue weighted by atomic mass is 35.5. The van der Waals surface area contributed by atoms with Crippen molar-refractivity contribution in [1.82, 2.24) is 19.5 Å². The third-order valence-corrected chi connectivity index (χ3v) is 5.15. The maximum absolute atomic E-state index is 12.5. The Morgan fingerprint density at radius 3 is 2.74 bits per heavy atom. The van der Waals surface area contributed by atoms with Crippen LogP contribution in [-0.4, -0.2) is 35.8 Å². The summed E-state index contributed by atoms with van der Waals surface area (Å²) in [4.78, 5) is 4.36. The Labute approximate surface area is 143 Å². The highest BCUT2D eigenvalue weighted by molar-refractivity contribution is 7.89. The van der Waals surface area contributed by atoms with Crippen LogP contribution in [0.5, 0.6) is 0 Å². The minimum absolute atomic E-state index is 0. The second-order valence-corrected chi connectivity index (χ2v) is 7.16. The predicted molar refractivity (Wildman–Crippen MR) is 93.2 cm³/mol. The molecule has 23 heavy (non-hydrogen) atoms. The standard InChI is InChI=1S/C14H23N5O2S.ClH/c1-4-5-6-11(8-15)18-22(20,21)12-7-13-10(2)17-19(3)14(13)16-9-12;/h7,9,11,18H,4-6,8,15H2,1-3H3;1H. The van der Waals surface area contributed by atoms with Gasteiger partial charge in [0.25, 0.3) is 0 Å². The molecule has 0 aliphatic rings. The maximum atomic E-state index is 12.5. The minimum atomic E-state index is -3.63. The van der Waals surface area contributed by atoms with E-state index in [9.17, 15) is 8.42 Å². The van der Waals surface area contributed by atoms with Gasteiger partial charge in [0.05, 0.1) is 5.69 Å². The Morgan fingerprint density at radius 2 is 2.13 bits per heavy atom. The molecule has 2 heterocycles.